The topological polar surface area (TPSA) is 97.6 Å². The number of alkyl halides is 3. The molecule has 2 atom stereocenters. The summed E-state index contributed by atoms with van der Waals surface area (Å²) in [6, 6.07) is 29.5. The van der Waals surface area contributed by atoms with E-state index in [1.165, 1.54) is 17.3 Å². The van der Waals surface area contributed by atoms with Crippen LogP contribution in [0.5, 0.6) is 5.88 Å². The fourth-order valence-electron chi connectivity index (χ4n) is 7.83. The first-order valence-electron chi connectivity index (χ1n) is 17.5. The minimum Gasteiger partial charge on any atom is -0.476 e. The Hall–Kier alpha value is -5.10. The number of hydrogen-bond acceptors (Lipinski definition) is 5. The van der Waals surface area contributed by atoms with E-state index in [1.54, 1.807) is 0 Å². The molecular weight excluding hydrogens is 688 g/mol. The Morgan fingerprint density at radius 2 is 1.37 bits per heavy atom. The maximum atomic E-state index is 16.0. The number of aryl methyl sites for hydroxylation is 2. The lowest BCUT2D eigenvalue weighted by molar-refractivity contribution is -0.238. The molecule has 4 aromatic carbocycles. The van der Waals surface area contributed by atoms with Gasteiger partial charge in [-0.1, -0.05) is 97.1 Å². The summed E-state index contributed by atoms with van der Waals surface area (Å²) in [6.45, 7) is -0.218. The van der Waals surface area contributed by atoms with Crippen molar-refractivity contribution in [2.45, 2.75) is 68.6 Å². The normalized spacial score (nSPS) is 19.1. The molecule has 1 aliphatic heterocycles. The number of urea groups is 1. The van der Waals surface area contributed by atoms with Crippen LogP contribution in [0, 0.1) is 5.41 Å². The van der Waals surface area contributed by atoms with Crippen LogP contribution in [0.2, 0.25) is 0 Å². The maximum absolute atomic E-state index is 16.0. The van der Waals surface area contributed by atoms with E-state index in [0.717, 1.165) is 66.9 Å². The Balaban J connectivity index is 1.34. The van der Waals surface area contributed by atoms with Crippen molar-refractivity contribution in [2.75, 3.05) is 11.9 Å². The molecule has 3 aliphatic rings. The third kappa shape index (κ3) is 5.73. The first kappa shape index (κ1) is 34.0. The second-order valence-electron chi connectivity index (χ2n) is 14.0. The quantitative estimate of drug-likeness (QED) is 0.165. The van der Waals surface area contributed by atoms with Crippen molar-refractivity contribution in [1.29, 1.82) is 0 Å². The van der Waals surface area contributed by atoms with Gasteiger partial charge in [-0.05, 0) is 84.4 Å². The van der Waals surface area contributed by atoms with E-state index in [9.17, 15) is 18.0 Å². The Kier molecular flexibility index (Phi) is 8.40. The van der Waals surface area contributed by atoms with Gasteiger partial charge in [0.1, 0.15) is 22.5 Å². The first-order chi connectivity index (χ1) is 25.0. The summed E-state index contributed by atoms with van der Waals surface area (Å²) in [7, 11) is -4.11. The highest BCUT2D eigenvalue weighted by atomic mass is 32.2. The highest BCUT2D eigenvalue weighted by Gasteiger charge is 2.55. The van der Waals surface area contributed by atoms with Crippen LogP contribution in [0.15, 0.2) is 113 Å². The molecule has 5 aromatic rings. The molecule has 2 amide bonds. The minimum atomic E-state index is -4.58. The van der Waals surface area contributed by atoms with Gasteiger partial charge in [0.05, 0.1) is 12.7 Å². The van der Waals surface area contributed by atoms with Gasteiger partial charge in [-0.2, -0.15) is 22.6 Å². The Morgan fingerprint density at radius 1 is 0.846 bits per heavy atom. The minimum absolute atomic E-state index is 0.123. The van der Waals surface area contributed by atoms with E-state index >= 15 is 4.21 Å². The molecule has 0 radical (unpaired) electrons. The molecule has 0 saturated heterocycles. The van der Waals surface area contributed by atoms with Gasteiger partial charge >= 0.3 is 12.2 Å². The largest absolute Gasteiger partial charge is 0.476 e. The molecule has 2 aliphatic carbocycles. The van der Waals surface area contributed by atoms with Gasteiger partial charge in [0.15, 0.2) is 9.92 Å². The zero-order valence-electron chi connectivity index (χ0n) is 28.6. The molecule has 12 heteroatoms. The number of aromatic nitrogens is 2. The Morgan fingerprint density at radius 3 is 1.87 bits per heavy atom. The summed E-state index contributed by atoms with van der Waals surface area (Å²) in [5.74, 6) is -0.139. The highest BCUT2D eigenvalue weighted by Crippen LogP contribution is 2.47. The molecule has 8 rings (SSSR count). The predicted octanol–water partition coefficient (Wildman–Crippen LogP) is 8.38. The summed E-state index contributed by atoms with van der Waals surface area (Å²) >= 11 is 0. The van der Waals surface area contributed by atoms with E-state index in [4.69, 9.17) is 9.10 Å². The van der Waals surface area contributed by atoms with Crippen molar-refractivity contribution < 1.29 is 26.9 Å². The zero-order valence-corrected chi connectivity index (χ0v) is 29.4. The maximum Gasteiger partial charge on any atom is 0.399 e. The number of fused-ring (bicyclic) bond motifs is 3. The second-order valence-corrected chi connectivity index (χ2v) is 15.9. The van der Waals surface area contributed by atoms with E-state index < -0.39 is 46.2 Å². The van der Waals surface area contributed by atoms with Crippen LogP contribution in [0.1, 0.15) is 58.7 Å². The number of carbonyl (C=O) groups excluding carboxylic acids is 1. The Bertz CT molecular complexity index is 2140. The average Bonchev–Trinajstić information content (AvgIpc) is 3.91. The molecule has 1 aromatic heterocycles. The van der Waals surface area contributed by atoms with Crippen molar-refractivity contribution in [3.63, 3.8) is 0 Å². The summed E-state index contributed by atoms with van der Waals surface area (Å²) in [5.41, 5.74) is 3.63. The fourth-order valence-corrected chi connectivity index (χ4v) is 9.68. The average molecular weight is 726 g/mol. The van der Waals surface area contributed by atoms with Crippen LogP contribution in [0.3, 0.4) is 0 Å². The number of amides is 2. The third-order valence-corrected chi connectivity index (χ3v) is 12.4. The number of anilines is 1. The number of carbonyl (C=O) groups is 1. The van der Waals surface area contributed by atoms with E-state index in [0.29, 0.717) is 16.7 Å². The molecule has 268 valence electrons. The summed E-state index contributed by atoms with van der Waals surface area (Å²) in [5, 5.41) is 7.32. The number of halogens is 3. The number of nitrogens with one attached hydrogen (secondary N) is 2. The molecule has 0 fully saturated rings. The summed E-state index contributed by atoms with van der Waals surface area (Å²) < 4.78 is 73.3. The molecule has 0 bridgehead atoms. The predicted molar refractivity (Wildman–Crippen MR) is 193 cm³/mol. The van der Waals surface area contributed by atoms with Gasteiger partial charge in [0.2, 0.25) is 5.88 Å². The van der Waals surface area contributed by atoms with E-state index in [1.807, 2.05) is 91.0 Å². The highest BCUT2D eigenvalue weighted by molar-refractivity contribution is 7.92. The lowest BCUT2D eigenvalue weighted by atomic mass is 9.78. The number of rotatable bonds is 7. The summed E-state index contributed by atoms with van der Waals surface area (Å²) in [4.78, 5) is 14.2. The van der Waals surface area contributed by atoms with Crippen molar-refractivity contribution >= 4 is 21.6 Å². The van der Waals surface area contributed by atoms with Gasteiger partial charge in [-0.3, -0.25) is 0 Å². The SMILES string of the molecule is C[C@]1(C(F)(F)F)COc2c(S(=O)(=NC(c3ccccc3)(c3ccccc3)c3ccccc3)NC(=O)Nc3c4c(cc5c3CCC5)CCC4)cnn2C1. The molecule has 0 saturated carbocycles. The van der Waals surface area contributed by atoms with Gasteiger partial charge < -0.3 is 10.1 Å². The molecule has 8 nitrogen and oxygen atoms in total. The zero-order chi connectivity index (χ0) is 36.1. The molecule has 2 heterocycles. The van der Waals surface area contributed by atoms with Crippen molar-refractivity contribution in [3.05, 3.63) is 142 Å². The molecule has 1 unspecified atom stereocenters. The van der Waals surface area contributed by atoms with Gasteiger partial charge in [0.25, 0.3) is 0 Å². The molecular formula is C40H38F3N5O3S. The number of benzene rings is 4. The van der Waals surface area contributed by atoms with Crippen LogP contribution in [0.4, 0.5) is 23.7 Å². The lowest BCUT2D eigenvalue weighted by Gasteiger charge is -2.36. The standard InChI is InChI=1S/C40H38F3N5O3S/c1-38(40(41,42)43)25-48-36(51-26-38)34(24-44-48)52(50,46-37(49)45-35-32-21-11-13-27(32)23-28-14-12-22-33(28)35)47-39(29-15-5-2-6-16-29,30-17-7-3-8-18-30)31-19-9-4-10-20-31/h2-10,15-20,23-24H,11-14,21-22,25-26H2,1H3,(H2,45,46,47,49,50)/t38-,52?/m1/s1. The monoisotopic (exact) mass is 725 g/mol. The molecule has 0 spiro atoms. The lowest BCUT2D eigenvalue weighted by Crippen LogP contribution is -2.47. The van der Waals surface area contributed by atoms with Crippen molar-refractivity contribution in [3.8, 4) is 5.88 Å². The van der Waals surface area contributed by atoms with E-state index in [-0.39, 0.29) is 10.8 Å². The van der Waals surface area contributed by atoms with Crippen LogP contribution >= 0.6 is 0 Å². The van der Waals surface area contributed by atoms with Gasteiger partial charge in [0, 0.05) is 5.69 Å². The Labute approximate surface area is 300 Å². The third-order valence-electron chi connectivity index (χ3n) is 10.6. The van der Waals surface area contributed by atoms with Crippen LogP contribution in [-0.2, 0) is 47.7 Å². The second kappa shape index (κ2) is 12.8. The number of nitrogens with zero attached hydrogens (tertiary/aromatic N) is 3. The van der Waals surface area contributed by atoms with E-state index in [2.05, 4.69) is 21.2 Å². The fraction of sp³-hybridized carbons (Fsp3) is 0.300. The van der Waals surface area contributed by atoms with Crippen LogP contribution in [-0.4, -0.2) is 32.8 Å². The van der Waals surface area contributed by atoms with Gasteiger partial charge in [-0.25, -0.2) is 18.4 Å². The smallest absolute Gasteiger partial charge is 0.399 e. The van der Waals surface area contributed by atoms with Gasteiger partial charge in [-0.15, -0.1) is 0 Å². The molecule has 2 N–H and O–H groups in total. The first-order valence-corrected chi connectivity index (χ1v) is 19.0. The van der Waals surface area contributed by atoms with Crippen molar-refractivity contribution in [2.24, 2.45) is 9.78 Å². The van der Waals surface area contributed by atoms with Crippen molar-refractivity contribution in [1.82, 2.24) is 14.5 Å². The summed E-state index contributed by atoms with van der Waals surface area (Å²) in [6.07, 6.45) is 2.06. The molecule has 52 heavy (non-hydrogen) atoms. The number of hydrogen-bond donors (Lipinski definition) is 2. The van der Waals surface area contributed by atoms with Crippen LogP contribution in [0.25, 0.3) is 0 Å². The van der Waals surface area contributed by atoms with Crippen LogP contribution < -0.4 is 14.8 Å². The number of ether oxygens (including phenoxy) is 1.